The molecule has 1 aliphatic rings. The summed E-state index contributed by atoms with van der Waals surface area (Å²) in [6.45, 7) is 3.74. The molecule has 0 bridgehead atoms. The maximum absolute atomic E-state index is 12.2. The van der Waals surface area contributed by atoms with E-state index in [-0.39, 0.29) is 5.78 Å². The summed E-state index contributed by atoms with van der Waals surface area (Å²) in [6, 6.07) is 2.40. The third-order valence-electron chi connectivity index (χ3n) is 2.81. The van der Waals surface area contributed by atoms with Gasteiger partial charge in [-0.05, 0) is 44.8 Å². The van der Waals surface area contributed by atoms with Gasteiger partial charge >= 0.3 is 0 Å². The first-order chi connectivity index (χ1) is 8.08. The predicted octanol–water partition coefficient (Wildman–Crippen LogP) is 3.89. The average molecular weight is 399 g/mol. The maximum atomic E-state index is 12.2. The molecule has 6 heteroatoms. The van der Waals surface area contributed by atoms with Crippen molar-refractivity contribution in [1.82, 2.24) is 4.90 Å². The average Bonchev–Trinajstić information content (AvgIpc) is 2.61. The fraction of sp³-hybridized carbons (Fsp3) is 0.545. The Balaban J connectivity index is 2.03. The van der Waals surface area contributed by atoms with Crippen LogP contribution in [0.1, 0.15) is 17.3 Å². The van der Waals surface area contributed by atoms with Gasteiger partial charge in [0, 0.05) is 29.7 Å². The standard InChI is InChI=1S/C11H13Br2NOS2/c1-7-6-16-3-2-14(7)5-9(15)8-4-10(12)17-11(8)13/h4,7H,2-3,5-6H2,1H3. The summed E-state index contributed by atoms with van der Waals surface area (Å²) in [5.41, 5.74) is 0.798. The molecule has 1 atom stereocenters. The normalized spacial score (nSPS) is 21.7. The maximum Gasteiger partial charge on any atom is 0.178 e. The van der Waals surface area contributed by atoms with Crippen LogP contribution in [-0.4, -0.2) is 41.3 Å². The van der Waals surface area contributed by atoms with Crippen LogP contribution in [0.2, 0.25) is 0 Å². The summed E-state index contributed by atoms with van der Waals surface area (Å²) < 4.78 is 1.92. The van der Waals surface area contributed by atoms with Gasteiger partial charge in [0.1, 0.15) is 0 Å². The molecule has 17 heavy (non-hydrogen) atoms. The van der Waals surface area contributed by atoms with Gasteiger partial charge in [0.2, 0.25) is 0 Å². The van der Waals surface area contributed by atoms with Crippen LogP contribution < -0.4 is 0 Å². The minimum atomic E-state index is 0.206. The third kappa shape index (κ3) is 3.56. The number of hydrogen-bond donors (Lipinski definition) is 0. The zero-order valence-corrected chi connectivity index (χ0v) is 14.2. The zero-order valence-electron chi connectivity index (χ0n) is 9.41. The second-order valence-corrected chi connectivity index (χ2v) is 8.95. The van der Waals surface area contributed by atoms with E-state index in [0.717, 1.165) is 31.2 Å². The number of nitrogens with zero attached hydrogens (tertiary/aromatic N) is 1. The van der Waals surface area contributed by atoms with Crippen LogP contribution >= 0.6 is 55.0 Å². The van der Waals surface area contributed by atoms with E-state index in [1.165, 1.54) is 0 Å². The monoisotopic (exact) mass is 397 g/mol. The fourth-order valence-electron chi connectivity index (χ4n) is 1.80. The molecule has 1 aromatic rings. The predicted molar refractivity (Wildman–Crippen MR) is 82.4 cm³/mol. The Labute approximate surface area is 126 Å². The van der Waals surface area contributed by atoms with Crippen molar-refractivity contribution in [2.24, 2.45) is 0 Å². The van der Waals surface area contributed by atoms with Crippen LogP contribution in [0.3, 0.4) is 0 Å². The first-order valence-electron chi connectivity index (χ1n) is 5.37. The first-order valence-corrected chi connectivity index (χ1v) is 8.93. The van der Waals surface area contributed by atoms with Crippen molar-refractivity contribution in [2.75, 3.05) is 24.6 Å². The molecule has 0 aromatic carbocycles. The highest BCUT2D eigenvalue weighted by atomic mass is 79.9. The Morgan fingerprint density at radius 2 is 2.35 bits per heavy atom. The minimum Gasteiger partial charge on any atom is -0.293 e. The molecular weight excluding hydrogens is 386 g/mol. The molecule has 1 saturated heterocycles. The summed E-state index contributed by atoms with van der Waals surface area (Å²) >= 11 is 10.4. The van der Waals surface area contributed by atoms with Gasteiger partial charge in [-0.1, -0.05) is 0 Å². The summed E-state index contributed by atoms with van der Waals surface area (Å²) in [4.78, 5) is 14.5. The molecule has 0 radical (unpaired) electrons. The number of carbonyl (C=O) groups excluding carboxylic acids is 1. The van der Waals surface area contributed by atoms with Crippen molar-refractivity contribution in [3.8, 4) is 0 Å². The highest BCUT2D eigenvalue weighted by molar-refractivity contribution is 9.12. The molecule has 1 aliphatic heterocycles. The highest BCUT2D eigenvalue weighted by Gasteiger charge is 2.23. The summed E-state index contributed by atoms with van der Waals surface area (Å²) in [5, 5.41) is 0. The van der Waals surface area contributed by atoms with Crippen LogP contribution in [0.15, 0.2) is 13.6 Å². The molecule has 1 fully saturated rings. The molecule has 2 nitrogen and oxygen atoms in total. The molecule has 0 saturated carbocycles. The number of carbonyl (C=O) groups is 1. The molecule has 0 N–H and O–H groups in total. The van der Waals surface area contributed by atoms with Crippen LogP contribution in [0.25, 0.3) is 0 Å². The van der Waals surface area contributed by atoms with Crippen LogP contribution in [0.5, 0.6) is 0 Å². The molecular formula is C11H13Br2NOS2. The van der Waals surface area contributed by atoms with Crippen LogP contribution in [0.4, 0.5) is 0 Å². The van der Waals surface area contributed by atoms with Crippen LogP contribution in [-0.2, 0) is 0 Å². The summed E-state index contributed by atoms with van der Waals surface area (Å²) in [7, 11) is 0. The van der Waals surface area contributed by atoms with Gasteiger partial charge in [0.25, 0.3) is 0 Å². The van der Waals surface area contributed by atoms with Gasteiger partial charge in [-0.2, -0.15) is 11.8 Å². The van der Waals surface area contributed by atoms with Gasteiger partial charge in [-0.3, -0.25) is 9.69 Å². The SMILES string of the molecule is CC1CSCCN1CC(=O)c1cc(Br)sc1Br. The molecule has 1 aromatic heterocycles. The van der Waals surface area contributed by atoms with E-state index >= 15 is 0 Å². The lowest BCUT2D eigenvalue weighted by Crippen LogP contribution is -2.43. The van der Waals surface area contributed by atoms with Gasteiger partial charge in [-0.25, -0.2) is 0 Å². The number of halogens is 2. The number of rotatable bonds is 3. The first kappa shape index (κ1) is 14.1. The molecule has 94 valence electrons. The Hall–Kier alpha value is 0.640. The van der Waals surface area contributed by atoms with Crippen molar-refractivity contribution in [3.63, 3.8) is 0 Å². The quantitative estimate of drug-likeness (QED) is 0.720. The van der Waals surface area contributed by atoms with Gasteiger partial charge in [0.15, 0.2) is 5.78 Å². The van der Waals surface area contributed by atoms with E-state index in [1.54, 1.807) is 11.3 Å². The van der Waals surface area contributed by atoms with Gasteiger partial charge < -0.3 is 0 Å². The summed E-state index contributed by atoms with van der Waals surface area (Å²) in [6.07, 6.45) is 0. The van der Waals surface area contributed by atoms with Crippen molar-refractivity contribution < 1.29 is 4.79 Å². The minimum absolute atomic E-state index is 0.206. The van der Waals surface area contributed by atoms with Crippen molar-refractivity contribution >= 4 is 60.7 Å². The Kier molecular flexibility index (Phi) is 5.12. The summed E-state index contributed by atoms with van der Waals surface area (Å²) in [5.74, 6) is 2.46. The van der Waals surface area contributed by atoms with Crippen molar-refractivity contribution in [2.45, 2.75) is 13.0 Å². The van der Waals surface area contributed by atoms with Gasteiger partial charge in [0.05, 0.1) is 14.1 Å². The Bertz CT molecular complexity index is 422. The Morgan fingerprint density at radius 3 is 2.94 bits per heavy atom. The van der Waals surface area contributed by atoms with Crippen molar-refractivity contribution in [1.29, 1.82) is 0 Å². The molecule has 0 aliphatic carbocycles. The van der Waals surface area contributed by atoms with E-state index in [1.807, 2.05) is 17.8 Å². The number of thioether (sulfide) groups is 1. The number of ketones is 1. The molecule has 1 unspecified atom stereocenters. The molecule has 0 amide bonds. The van der Waals surface area contributed by atoms with Crippen molar-refractivity contribution in [3.05, 3.63) is 19.2 Å². The van der Waals surface area contributed by atoms with E-state index in [4.69, 9.17) is 0 Å². The fourth-order valence-corrected chi connectivity index (χ4v) is 5.73. The number of thiophene rings is 1. The lowest BCUT2D eigenvalue weighted by atomic mass is 10.2. The number of Topliss-reactive ketones (excluding diaryl/α,β-unsaturated/α-hetero) is 1. The third-order valence-corrected chi connectivity index (χ3v) is 6.34. The second-order valence-electron chi connectivity index (χ2n) is 4.06. The number of hydrogen-bond acceptors (Lipinski definition) is 4. The molecule has 2 rings (SSSR count). The molecule has 0 spiro atoms. The largest absolute Gasteiger partial charge is 0.293 e. The van der Waals surface area contributed by atoms with Crippen LogP contribution in [0, 0.1) is 0 Å². The molecule has 2 heterocycles. The van der Waals surface area contributed by atoms with E-state index < -0.39 is 0 Å². The zero-order chi connectivity index (χ0) is 12.4. The lowest BCUT2D eigenvalue weighted by molar-refractivity contribution is 0.0911. The van der Waals surface area contributed by atoms with E-state index in [0.29, 0.717) is 12.6 Å². The smallest absolute Gasteiger partial charge is 0.178 e. The van der Waals surface area contributed by atoms with E-state index in [2.05, 4.69) is 43.7 Å². The Morgan fingerprint density at radius 1 is 1.59 bits per heavy atom. The highest BCUT2D eigenvalue weighted by Crippen LogP contribution is 2.32. The second kappa shape index (κ2) is 6.19. The van der Waals surface area contributed by atoms with Gasteiger partial charge in [-0.15, -0.1) is 11.3 Å². The van der Waals surface area contributed by atoms with E-state index in [9.17, 15) is 4.79 Å². The topological polar surface area (TPSA) is 20.3 Å². The lowest BCUT2D eigenvalue weighted by Gasteiger charge is -2.32.